The van der Waals surface area contributed by atoms with Crippen molar-refractivity contribution < 1.29 is 4.79 Å². The highest BCUT2D eigenvalue weighted by Crippen LogP contribution is 2.20. The zero-order chi connectivity index (χ0) is 19.2. The molecule has 1 amide bonds. The predicted molar refractivity (Wildman–Crippen MR) is 108 cm³/mol. The van der Waals surface area contributed by atoms with Gasteiger partial charge in [0.1, 0.15) is 6.33 Å². The lowest BCUT2D eigenvalue weighted by molar-refractivity contribution is -0.120. The molecule has 0 aliphatic carbocycles. The molecule has 0 saturated carbocycles. The first-order valence-corrected chi connectivity index (χ1v) is 9.38. The number of hydrogen-bond donors (Lipinski definition) is 3. The fourth-order valence-electron chi connectivity index (χ4n) is 3.15. The Labute approximate surface area is 163 Å². The van der Waals surface area contributed by atoms with Crippen LogP contribution in [-0.2, 0) is 17.8 Å². The molecule has 1 aliphatic rings. The van der Waals surface area contributed by atoms with E-state index in [-0.39, 0.29) is 5.91 Å². The van der Waals surface area contributed by atoms with Crippen molar-refractivity contribution in [1.82, 2.24) is 25.6 Å². The highest BCUT2D eigenvalue weighted by Gasteiger charge is 2.07. The topological polar surface area (TPSA) is 91.8 Å². The van der Waals surface area contributed by atoms with E-state index in [1.54, 1.807) is 0 Å². The molecule has 1 aliphatic heterocycles. The molecule has 0 spiro atoms. The van der Waals surface area contributed by atoms with Gasteiger partial charge in [-0.3, -0.25) is 4.79 Å². The normalized spacial score (nSPS) is 14.9. The van der Waals surface area contributed by atoms with Crippen molar-refractivity contribution in [3.05, 3.63) is 66.0 Å². The number of benzene rings is 2. The standard InChI is InChI=1S/C21H22N6O/c28-19-13-22-12-16-5-2-8-18(11-16)26-21-25-14-24-20(27-21)17-7-1-4-15(10-17)6-3-9-23-19/h1-2,4-5,7-8,10-11,14,22H,3,6,9,12-13H2,(H,23,28)(H,24,25,26,27). The summed E-state index contributed by atoms with van der Waals surface area (Å²) in [5.41, 5.74) is 4.09. The summed E-state index contributed by atoms with van der Waals surface area (Å²) in [5.74, 6) is 1.14. The molecule has 2 heterocycles. The van der Waals surface area contributed by atoms with E-state index in [2.05, 4.69) is 43.0 Å². The minimum atomic E-state index is 0.0109. The van der Waals surface area contributed by atoms with Gasteiger partial charge in [0.05, 0.1) is 6.54 Å². The van der Waals surface area contributed by atoms with Gasteiger partial charge in [-0.15, -0.1) is 0 Å². The van der Waals surface area contributed by atoms with Crippen molar-refractivity contribution >= 4 is 17.5 Å². The van der Waals surface area contributed by atoms with Crippen molar-refractivity contribution in [2.45, 2.75) is 19.4 Å². The number of nitrogens with one attached hydrogen (secondary N) is 3. The zero-order valence-electron chi connectivity index (χ0n) is 15.5. The number of anilines is 2. The predicted octanol–water partition coefficient (Wildman–Crippen LogP) is 2.43. The van der Waals surface area contributed by atoms with Gasteiger partial charge >= 0.3 is 0 Å². The summed E-state index contributed by atoms with van der Waals surface area (Å²) in [5, 5.41) is 9.37. The molecule has 6 bridgehead atoms. The second-order valence-electron chi connectivity index (χ2n) is 6.72. The Morgan fingerprint density at radius 3 is 2.79 bits per heavy atom. The molecule has 2 aromatic carbocycles. The van der Waals surface area contributed by atoms with Crippen molar-refractivity contribution in [3.63, 3.8) is 0 Å². The number of aromatic nitrogens is 3. The van der Waals surface area contributed by atoms with Crippen LogP contribution in [0.15, 0.2) is 54.9 Å². The Kier molecular flexibility index (Phi) is 5.53. The van der Waals surface area contributed by atoms with Crippen molar-refractivity contribution in [1.29, 1.82) is 0 Å². The van der Waals surface area contributed by atoms with E-state index >= 15 is 0 Å². The minimum absolute atomic E-state index is 0.0109. The number of hydrogen-bond acceptors (Lipinski definition) is 6. The van der Waals surface area contributed by atoms with Crippen LogP contribution in [-0.4, -0.2) is 33.9 Å². The average molecular weight is 374 g/mol. The van der Waals surface area contributed by atoms with E-state index in [9.17, 15) is 4.79 Å². The summed E-state index contributed by atoms with van der Waals surface area (Å²) in [6, 6.07) is 16.1. The van der Waals surface area contributed by atoms with Crippen molar-refractivity contribution in [2.24, 2.45) is 0 Å². The third-order valence-corrected chi connectivity index (χ3v) is 4.52. The van der Waals surface area contributed by atoms with E-state index in [1.807, 2.05) is 36.4 Å². The van der Waals surface area contributed by atoms with Gasteiger partial charge in [0.15, 0.2) is 5.82 Å². The van der Waals surface area contributed by atoms with E-state index in [0.717, 1.165) is 29.7 Å². The molecule has 142 valence electrons. The van der Waals surface area contributed by atoms with Crippen LogP contribution < -0.4 is 16.0 Å². The molecule has 0 atom stereocenters. The lowest BCUT2D eigenvalue weighted by Crippen LogP contribution is -2.34. The van der Waals surface area contributed by atoms with Crippen LogP contribution in [0.4, 0.5) is 11.6 Å². The first kappa shape index (κ1) is 18.1. The van der Waals surface area contributed by atoms with Crippen LogP contribution >= 0.6 is 0 Å². The summed E-state index contributed by atoms with van der Waals surface area (Å²) in [4.78, 5) is 25.1. The van der Waals surface area contributed by atoms with E-state index in [4.69, 9.17) is 0 Å². The molecule has 7 heteroatoms. The maximum absolute atomic E-state index is 12.0. The van der Waals surface area contributed by atoms with E-state index in [0.29, 0.717) is 31.4 Å². The third kappa shape index (κ3) is 4.69. The summed E-state index contributed by atoms with van der Waals surface area (Å²) in [7, 11) is 0. The largest absolute Gasteiger partial charge is 0.355 e. The Balaban J connectivity index is 1.64. The lowest BCUT2D eigenvalue weighted by atomic mass is 10.1. The van der Waals surface area contributed by atoms with Crippen LogP contribution in [0.25, 0.3) is 11.4 Å². The molecule has 7 nitrogen and oxygen atoms in total. The molecular weight excluding hydrogens is 352 g/mol. The maximum Gasteiger partial charge on any atom is 0.233 e. The van der Waals surface area contributed by atoms with Crippen LogP contribution in [0.3, 0.4) is 0 Å². The van der Waals surface area contributed by atoms with Gasteiger partial charge in [-0.25, -0.2) is 9.97 Å². The fourth-order valence-corrected chi connectivity index (χ4v) is 3.15. The lowest BCUT2D eigenvalue weighted by Gasteiger charge is -2.11. The highest BCUT2D eigenvalue weighted by molar-refractivity contribution is 5.77. The van der Waals surface area contributed by atoms with E-state index < -0.39 is 0 Å². The van der Waals surface area contributed by atoms with Gasteiger partial charge in [0.2, 0.25) is 11.9 Å². The van der Waals surface area contributed by atoms with Crippen LogP contribution in [0.1, 0.15) is 17.5 Å². The number of fused-ring (bicyclic) bond motifs is 7. The van der Waals surface area contributed by atoms with Crippen LogP contribution in [0.2, 0.25) is 0 Å². The average Bonchev–Trinajstić information content (AvgIpc) is 2.71. The minimum Gasteiger partial charge on any atom is -0.355 e. The first-order valence-electron chi connectivity index (χ1n) is 9.38. The Bertz CT molecular complexity index is 974. The SMILES string of the molecule is O=C1CNCc2cccc(c2)Nc2ncnc(n2)-c2cccc(c2)CCCN1. The second-order valence-corrected chi connectivity index (χ2v) is 6.72. The number of carbonyl (C=O) groups excluding carboxylic acids is 1. The molecule has 4 rings (SSSR count). The van der Waals surface area contributed by atoms with Gasteiger partial charge < -0.3 is 16.0 Å². The van der Waals surface area contributed by atoms with Gasteiger partial charge in [-0.2, -0.15) is 4.98 Å². The zero-order valence-corrected chi connectivity index (χ0v) is 15.5. The highest BCUT2D eigenvalue weighted by atomic mass is 16.1. The van der Waals surface area contributed by atoms with Crippen molar-refractivity contribution in [3.8, 4) is 11.4 Å². The molecule has 0 saturated heterocycles. The maximum atomic E-state index is 12.0. The summed E-state index contributed by atoms with van der Waals surface area (Å²) in [6.07, 6.45) is 3.28. The van der Waals surface area contributed by atoms with Gasteiger partial charge in [-0.1, -0.05) is 30.3 Å². The van der Waals surface area contributed by atoms with Crippen LogP contribution in [0, 0.1) is 0 Å². The third-order valence-electron chi connectivity index (χ3n) is 4.52. The molecule has 28 heavy (non-hydrogen) atoms. The Morgan fingerprint density at radius 2 is 1.82 bits per heavy atom. The quantitative estimate of drug-likeness (QED) is 0.560. The Morgan fingerprint density at radius 1 is 0.929 bits per heavy atom. The molecule has 0 fully saturated rings. The second kappa shape index (κ2) is 8.58. The number of carbonyl (C=O) groups is 1. The smallest absolute Gasteiger partial charge is 0.233 e. The van der Waals surface area contributed by atoms with Gasteiger partial charge in [-0.05, 0) is 42.2 Å². The number of aryl methyl sites for hydroxylation is 1. The summed E-state index contributed by atoms with van der Waals surface area (Å²) in [6.45, 7) is 1.56. The molecular formula is C21H22N6O. The van der Waals surface area contributed by atoms with Gasteiger partial charge in [0.25, 0.3) is 0 Å². The molecule has 0 radical (unpaired) electrons. The van der Waals surface area contributed by atoms with Crippen LogP contribution in [0.5, 0.6) is 0 Å². The Hall–Kier alpha value is -3.32. The summed E-state index contributed by atoms with van der Waals surface area (Å²) < 4.78 is 0. The number of amides is 1. The first-order chi connectivity index (χ1) is 13.8. The fraction of sp³-hybridized carbons (Fsp3) is 0.238. The molecule has 3 N–H and O–H groups in total. The van der Waals surface area contributed by atoms with Crippen molar-refractivity contribution in [2.75, 3.05) is 18.4 Å². The monoisotopic (exact) mass is 374 g/mol. The number of nitrogens with zero attached hydrogens (tertiary/aromatic N) is 3. The van der Waals surface area contributed by atoms with E-state index in [1.165, 1.54) is 11.9 Å². The van der Waals surface area contributed by atoms with Gasteiger partial charge in [0, 0.05) is 24.3 Å². The summed E-state index contributed by atoms with van der Waals surface area (Å²) >= 11 is 0. The molecule has 1 aromatic heterocycles. The number of rotatable bonds is 0. The molecule has 0 unspecified atom stereocenters. The molecule has 3 aromatic rings.